The van der Waals surface area contributed by atoms with E-state index in [-0.39, 0.29) is 36.3 Å². The molecule has 0 spiro atoms. The average Bonchev–Trinajstić information content (AvgIpc) is 2.99. The molecule has 0 bridgehead atoms. The molecular formula is C16H22FIN4. The van der Waals surface area contributed by atoms with E-state index in [0.29, 0.717) is 23.1 Å². The first-order valence-electron chi connectivity index (χ1n) is 7.46. The molecule has 1 aliphatic rings. The lowest BCUT2D eigenvalue weighted by Gasteiger charge is -2.16. The van der Waals surface area contributed by atoms with Gasteiger partial charge in [0.15, 0.2) is 5.96 Å². The standard InChI is InChI=1S/C16H21FN4.HI/c1-2-19-16(21-14-5-3-4-6-14)20-11-13-9-12(10-18)7-8-15(13)17;/h7-9,14H,2-6,11H2,1H3,(H2,19,20,21);1H. The Morgan fingerprint density at radius 3 is 2.77 bits per heavy atom. The molecule has 0 aromatic heterocycles. The van der Waals surface area contributed by atoms with Gasteiger partial charge in [-0.3, -0.25) is 0 Å². The van der Waals surface area contributed by atoms with Gasteiger partial charge in [0.05, 0.1) is 18.2 Å². The van der Waals surface area contributed by atoms with Gasteiger partial charge in [-0.2, -0.15) is 5.26 Å². The Balaban J connectivity index is 0.00000242. The Kier molecular flexibility index (Phi) is 8.17. The molecule has 0 heterocycles. The van der Waals surface area contributed by atoms with Gasteiger partial charge in [-0.15, -0.1) is 24.0 Å². The van der Waals surface area contributed by atoms with Crippen molar-refractivity contribution in [1.82, 2.24) is 10.6 Å². The normalized spacial score (nSPS) is 15.0. The van der Waals surface area contributed by atoms with Crippen LogP contribution in [0.5, 0.6) is 0 Å². The van der Waals surface area contributed by atoms with E-state index < -0.39 is 0 Å². The van der Waals surface area contributed by atoms with Crippen molar-refractivity contribution in [2.75, 3.05) is 6.54 Å². The lowest BCUT2D eigenvalue weighted by molar-refractivity contribution is 0.603. The van der Waals surface area contributed by atoms with Crippen LogP contribution in [0, 0.1) is 17.1 Å². The predicted molar refractivity (Wildman–Crippen MR) is 96.7 cm³/mol. The third-order valence-corrected chi connectivity index (χ3v) is 3.62. The lowest BCUT2D eigenvalue weighted by atomic mass is 10.1. The van der Waals surface area contributed by atoms with Crippen LogP contribution in [0.4, 0.5) is 4.39 Å². The Morgan fingerprint density at radius 1 is 1.41 bits per heavy atom. The van der Waals surface area contributed by atoms with Crippen molar-refractivity contribution in [3.05, 3.63) is 35.1 Å². The monoisotopic (exact) mass is 416 g/mol. The summed E-state index contributed by atoms with van der Waals surface area (Å²) < 4.78 is 13.7. The predicted octanol–water partition coefficient (Wildman–Crippen LogP) is 3.31. The number of nitrogens with zero attached hydrogens (tertiary/aromatic N) is 2. The zero-order valence-corrected chi connectivity index (χ0v) is 15.1. The van der Waals surface area contributed by atoms with E-state index in [0.717, 1.165) is 19.4 Å². The van der Waals surface area contributed by atoms with Crippen molar-refractivity contribution in [2.45, 2.75) is 45.2 Å². The highest BCUT2D eigenvalue weighted by Crippen LogP contribution is 2.17. The molecule has 2 N–H and O–H groups in total. The number of halogens is 2. The zero-order valence-electron chi connectivity index (χ0n) is 12.7. The number of guanidine groups is 1. The summed E-state index contributed by atoms with van der Waals surface area (Å²) in [6.07, 6.45) is 4.80. The van der Waals surface area contributed by atoms with Crippen molar-refractivity contribution in [3.63, 3.8) is 0 Å². The molecule has 0 aliphatic heterocycles. The smallest absolute Gasteiger partial charge is 0.191 e. The topological polar surface area (TPSA) is 60.2 Å². The third-order valence-electron chi connectivity index (χ3n) is 3.62. The van der Waals surface area contributed by atoms with E-state index in [1.54, 1.807) is 6.07 Å². The maximum atomic E-state index is 13.7. The molecule has 120 valence electrons. The van der Waals surface area contributed by atoms with Crippen LogP contribution in [0.15, 0.2) is 23.2 Å². The minimum atomic E-state index is -0.325. The van der Waals surface area contributed by atoms with Crippen LogP contribution in [-0.2, 0) is 6.54 Å². The molecule has 4 nitrogen and oxygen atoms in total. The summed E-state index contributed by atoms with van der Waals surface area (Å²) in [7, 11) is 0. The molecule has 1 saturated carbocycles. The van der Waals surface area contributed by atoms with Gasteiger partial charge < -0.3 is 10.6 Å². The van der Waals surface area contributed by atoms with E-state index >= 15 is 0 Å². The largest absolute Gasteiger partial charge is 0.357 e. The van der Waals surface area contributed by atoms with Crippen LogP contribution in [0.3, 0.4) is 0 Å². The molecule has 6 heteroatoms. The highest BCUT2D eigenvalue weighted by molar-refractivity contribution is 14.0. The van der Waals surface area contributed by atoms with Gasteiger partial charge in [0.1, 0.15) is 5.82 Å². The van der Waals surface area contributed by atoms with Gasteiger partial charge in [-0.1, -0.05) is 12.8 Å². The SMILES string of the molecule is CCNC(=NCc1cc(C#N)ccc1F)NC1CCCC1.I. The van der Waals surface area contributed by atoms with Crippen LogP contribution in [0.25, 0.3) is 0 Å². The van der Waals surface area contributed by atoms with Crippen molar-refractivity contribution in [1.29, 1.82) is 5.26 Å². The molecule has 0 amide bonds. The summed E-state index contributed by atoms with van der Waals surface area (Å²) in [5.74, 6) is 0.389. The lowest BCUT2D eigenvalue weighted by Crippen LogP contribution is -2.42. The van der Waals surface area contributed by atoms with Gasteiger partial charge in [-0.25, -0.2) is 9.38 Å². The molecule has 1 aliphatic carbocycles. The minimum absolute atomic E-state index is 0. The molecule has 0 saturated heterocycles. The van der Waals surface area contributed by atoms with E-state index in [2.05, 4.69) is 15.6 Å². The maximum absolute atomic E-state index is 13.7. The average molecular weight is 416 g/mol. The Hall–Kier alpha value is -1.36. The summed E-state index contributed by atoms with van der Waals surface area (Å²) in [6, 6.07) is 6.83. The van der Waals surface area contributed by atoms with Gasteiger partial charge in [0.25, 0.3) is 0 Å². The number of nitriles is 1. The Labute approximate surface area is 148 Å². The maximum Gasteiger partial charge on any atom is 0.191 e. The van der Waals surface area contributed by atoms with Crippen molar-refractivity contribution >= 4 is 29.9 Å². The third kappa shape index (κ3) is 5.44. The summed E-state index contributed by atoms with van der Waals surface area (Å²) in [6.45, 7) is 2.99. The molecular weight excluding hydrogens is 394 g/mol. The minimum Gasteiger partial charge on any atom is -0.357 e. The molecule has 2 rings (SSSR count). The van der Waals surface area contributed by atoms with E-state index in [1.807, 2.05) is 13.0 Å². The van der Waals surface area contributed by atoms with E-state index in [4.69, 9.17) is 5.26 Å². The van der Waals surface area contributed by atoms with Crippen LogP contribution in [0.1, 0.15) is 43.7 Å². The van der Waals surface area contributed by atoms with Crippen LogP contribution >= 0.6 is 24.0 Å². The fourth-order valence-corrected chi connectivity index (χ4v) is 2.51. The Bertz CT molecular complexity index is 548. The van der Waals surface area contributed by atoms with Crippen molar-refractivity contribution < 1.29 is 4.39 Å². The van der Waals surface area contributed by atoms with Crippen LogP contribution in [-0.4, -0.2) is 18.5 Å². The van der Waals surface area contributed by atoms with Gasteiger partial charge in [0, 0.05) is 18.2 Å². The van der Waals surface area contributed by atoms with Crippen molar-refractivity contribution in [2.24, 2.45) is 4.99 Å². The summed E-state index contributed by atoms with van der Waals surface area (Å²) in [5, 5.41) is 15.4. The number of rotatable bonds is 4. The summed E-state index contributed by atoms with van der Waals surface area (Å²) >= 11 is 0. The highest BCUT2D eigenvalue weighted by Gasteiger charge is 2.15. The second kappa shape index (κ2) is 9.62. The molecule has 1 aromatic rings. The number of aliphatic imine (C=N–C) groups is 1. The second-order valence-corrected chi connectivity index (χ2v) is 5.24. The first kappa shape index (κ1) is 18.7. The molecule has 0 unspecified atom stereocenters. The van der Waals surface area contributed by atoms with Crippen LogP contribution in [0.2, 0.25) is 0 Å². The molecule has 22 heavy (non-hydrogen) atoms. The second-order valence-electron chi connectivity index (χ2n) is 5.24. The quantitative estimate of drug-likeness (QED) is 0.450. The van der Waals surface area contributed by atoms with Crippen LogP contribution < -0.4 is 10.6 Å². The fourth-order valence-electron chi connectivity index (χ4n) is 2.51. The number of nitrogens with one attached hydrogen (secondary N) is 2. The number of hydrogen-bond acceptors (Lipinski definition) is 2. The molecule has 0 atom stereocenters. The van der Waals surface area contributed by atoms with Gasteiger partial charge in [0.2, 0.25) is 0 Å². The first-order valence-corrected chi connectivity index (χ1v) is 7.46. The summed E-state index contributed by atoms with van der Waals surface area (Å²) in [4.78, 5) is 4.43. The van der Waals surface area contributed by atoms with Crippen molar-refractivity contribution in [3.8, 4) is 6.07 Å². The molecule has 1 aromatic carbocycles. The van der Waals surface area contributed by atoms with E-state index in [1.165, 1.54) is 25.0 Å². The summed E-state index contributed by atoms with van der Waals surface area (Å²) in [5.41, 5.74) is 0.896. The van der Waals surface area contributed by atoms with Gasteiger partial charge in [-0.05, 0) is 38.0 Å². The Morgan fingerprint density at radius 2 is 2.14 bits per heavy atom. The number of benzene rings is 1. The fraction of sp³-hybridized carbons (Fsp3) is 0.500. The van der Waals surface area contributed by atoms with E-state index in [9.17, 15) is 4.39 Å². The zero-order chi connectivity index (χ0) is 15.1. The first-order chi connectivity index (χ1) is 10.2. The molecule has 1 fully saturated rings. The highest BCUT2D eigenvalue weighted by atomic mass is 127. The molecule has 0 radical (unpaired) electrons. The van der Waals surface area contributed by atoms with Gasteiger partial charge >= 0.3 is 0 Å². The number of hydrogen-bond donors (Lipinski definition) is 2.